The number of carboxylic acids is 1. The highest BCUT2D eigenvalue weighted by Crippen LogP contribution is 2.28. The number of carboxylic acid groups (broad SMARTS) is 1. The first-order valence-electron chi connectivity index (χ1n) is 7.27. The Kier molecular flexibility index (Phi) is 3.94. The molecular weight excluding hydrogens is 270 g/mol. The number of hydrogen-bond acceptors (Lipinski definition) is 4. The molecule has 2 N–H and O–H groups in total. The number of carbonyl (C=O) groups is 1. The van der Waals surface area contributed by atoms with Crippen molar-refractivity contribution in [2.24, 2.45) is 0 Å². The molecular formula is C16H19NO4. The van der Waals surface area contributed by atoms with Crippen LogP contribution in [0.25, 0.3) is 11.0 Å². The molecule has 0 saturated heterocycles. The molecule has 1 aliphatic carbocycles. The van der Waals surface area contributed by atoms with Gasteiger partial charge in [0.15, 0.2) is 0 Å². The lowest BCUT2D eigenvalue weighted by atomic mass is 9.89. The van der Waals surface area contributed by atoms with Crippen LogP contribution < -0.4 is 5.32 Å². The molecule has 5 heteroatoms. The molecule has 1 fully saturated rings. The van der Waals surface area contributed by atoms with E-state index in [-0.39, 0.29) is 5.76 Å². The van der Waals surface area contributed by atoms with Crippen molar-refractivity contribution in [3.63, 3.8) is 0 Å². The van der Waals surface area contributed by atoms with Gasteiger partial charge in [-0.25, -0.2) is 4.79 Å². The zero-order chi connectivity index (χ0) is 14.8. The smallest absolute Gasteiger partial charge is 0.372 e. The van der Waals surface area contributed by atoms with Crippen LogP contribution in [-0.4, -0.2) is 29.8 Å². The van der Waals surface area contributed by atoms with Gasteiger partial charge in [0.25, 0.3) is 0 Å². The Morgan fingerprint density at radius 3 is 2.90 bits per heavy atom. The fraction of sp³-hybridized carbons (Fsp3) is 0.438. The van der Waals surface area contributed by atoms with E-state index in [1.807, 2.05) is 25.1 Å². The molecule has 0 bridgehead atoms. The van der Waals surface area contributed by atoms with Gasteiger partial charge >= 0.3 is 5.97 Å². The third-order valence-corrected chi connectivity index (χ3v) is 3.96. The van der Waals surface area contributed by atoms with E-state index >= 15 is 0 Å². The van der Waals surface area contributed by atoms with Gasteiger partial charge in [0, 0.05) is 30.1 Å². The van der Waals surface area contributed by atoms with Crippen LogP contribution in [0.3, 0.4) is 0 Å². The number of nitrogens with one attached hydrogen (secondary N) is 1. The van der Waals surface area contributed by atoms with Crippen LogP contribution in [0.1, 0.15) is 35.9 Å². The van der Waals surface area contributed by atoms with Crippen molar-refractivity contribution in [2.45, 2.75) is 38.5 Å². The average molecular weight is 289 g/mol. The second kappa shape index (κ2) is 5.87. The Bertz CT molecular complexity index is 643. The Labute approximate surface area is 122 Å². The number of benzene rings is 1. The number of furan rings is 1. The standard InChI is InChI=1S/C16H19NO4/c1-2-20-11-7-10(8-11)17-9-13-12-5-3-4-6-14(12)21-15(13)16(18)19/h3-6,10-11,17H,2,7-9H2,1H3,(H,18,19). The second-order valence-corrected chi connectivity index (χ2v) is 5.34. The minimum Gasteiger partial charge on any atom is -0.475 e. The zero-order valence-corrected chi connectivity index (χ0v) is 12.0. The molecule has 1 saturated carbocycles. The summed E-state index contributed by atoms with van der Waals surface area (Å²) < 4.78 is 11.0. The lowest BCUT2D eigenvalue weighted by molar-refractivity contribution is -0.0102. The van der Waals surface area contributed by atoms with Gasteiger partial charge in [-0.3, -0.25) is 0 Å². The first-order chi connectivity index (χ1) is 10.2. The number of rotatable bonds is 6. The monoisotopic (exact) mass is 289 g/mol. The van der Waals surface area contributed by atoms with Gasteiger partial charge in [0.05, 0.1) is 6.10 Å². The maximum Gasteiger partial charge on any atom is 0.372 e. The predicted molar refractivity (Wildman–Crippen MR) is 78.4 cm³/mol. The van der Waals surface area contributed by atoms with Crippen molar-refractivity contribution in [3.8, 4) is 0 Å². The molecule has 1 heterocycles. The molecule has 0 radical (unpaired) electrons. The number of hydrogen-bond donors (Lipinski definition) is 2. The Morgan fingerprint density at radius 2 is 2.19 bits per heavy atom. The summed E-state index contributed by atoms with van der Waals surface area (Å²) in [7, 11) is 0. The third-order valence-electron chi connectivity index (χ3n) is 3.96. The van der Waals surface area contributed by atoms with Crippen LogP contribution in [0.2, 0.25) is 0 Å². The summed E-state index contributed by atoms with van der Waals surface area (Å²) in [6, 6.07) is 7.80. The summed E-state index contributed by atoms with van der Waals surface area (Å²) in [5.74, 6) is -0.992. The van der Waals surface area contributed by atoms with Gasteiger partial charge < -0.3 is 19.6 Å². The minimum absolute atomic E-state index is 0.0318. The molecule has 3 rings (SSSR count). The summed E-state index contributed by atoms with van der Waals surface area (Å²) in [4.78, 5) is 11.3. The van der Waals surface area contributed by atoms with E-state index in [1.165, 1.54) is 0 Å². The summed E-state index contributed by atoms with van der Waals surface area (Å²) in [6.07, 6.45) is 2.30. The van der Waals surface area contributed by atoms with Crippen LogP contribution in [0, 0.1) is 0 Å². The van der Waals surface area contributed by atoms with Crippen molar-refractivity contribution in [3.05, 3.63) is 35.6 Å². The van der Waals surface area contributed by atoms with Gasteiger partial charge in [0.2, 0.25) is 5.76 Å². The van der Waals surface area contributed by atoms with Crippen LogP contribution in [-0.2, 0) is 11.3 Å². The molecule has 0 aliphatic heterocycles. The average Bonchev–Trinajstić information content (AvgIpc) is 2.80. The summed E-state index contributed by atoms with van der Waals surface area (Å²) in [6.45, 7) is 3.24. The highest BCUT2D eigenvalue weighted by atomic mass is 16.5. The largest absolute Gasteiger partial charge is 0.475 e. The molecule has 1 aromatic heterocycles. The number of fused-ring (bicyclic) bond motifs is 1. The molecule has 1 aliphatic rings. The lowest BCUT2D eigenvalue weighted by Gasteiger charge is -2.35. The van der Waals surface area contributed by atoms with Crippen molar-refractivity contribution >= 4 is 16.9 Å². The number of para-hydroxylation sites is 1. The van der Waals surface area contributed by atoms with Gasteiger partial charge in [-0.1, -0.05) is 18.2 Å². The van der Waals surface area contributed by atoms with Gasteiger partial charge in [0.1, 0.15) is 5.58 Å². The minimum atomic E-state index is -1.02. The van der Waals surface area contributed by atoms with Crippen molar-refractivity contribution in [1.29, 1.82) is 0 Å². The molecule has 5 nitrogen and oxygen atoms in total. The molecule has 1 aromatic carbocycles. The maximum absolute atomic E-state index is 11.3. The highest BCUT2D eigenvalue weighted by molar-refractivity contribution is 5.95. The van der Waals surface area contributed by atoms with Crippen molar-refractivity contribution in [2.75, 3.05) is 6.61 Å². The molecule has 0 spiro atoms. The Balaban J connectivity index is 1.71. The molecule has 0 amide bonds. The second-order valence-electron chi connectivity index (χ2n) is 5.34. The van der Waals surface area contributed by atoms with Gasteiger partial charge in [-0.15, -0.1) is 0 Å². The maximum atomic E-state index is 11.3. The van der Waals surface area contributed by atoms with Crippen LogP contribution >= 0.6 is 0 Å². The summed E-state index contributed by atoms with van der Waals surface area (Å²) in [5.41, 5.74) is 1.34. The van der Waals surface area contributed by atoms with Crippen LogP contribution in [0.5, 0.6) is 0 Å². The molecule has 2 aromatic rings. The fourth-order valence-corrected chi connectivity index (χ4v) is 2.80. The van der Waals surface area contributed by atoms with E-state index in [9.17, 15) is 9.90 Å². The van der Waals surface area contributed by atoms with E-state index in [2.05, 4.69) is 5.32 Å². The predicted octanol–water partition coefficient (Wildman–Crippen LogP) is 2.79. The van der Waals surface area contributed by atoms with E-state index in [4.69, 9.17) is 9.15 Å². The van der Waals surface area contributed by atoms with Crippen molar-refractivity contribution in [1.82, 2.24) is 5.32 Å². The quantitative estimate of drug-likeness (QED) is 0.855. The zero-order valence-electron chi connectivity index (χ0n) is 12.0. The topological polar surface area (TPSA) is 71.7 Å². The number of ether oxygens (including phenoxy) is 1. The number of aromatic carboxylic acids is 1. The van der Waals surface area contributed by atoms with E-state index in [1.54, 1.807) is 6.07 Å². The normalized spacial score (nSPS) is 21.4. The molecule has 112 valence electrons. The van der Waals surface area contributed by atoms with E-state index < -0.39 is 5.97 Å². The highest BCUT2D eigenvalue weighted by Gasteiger charge is 2.30. The molecule has 0 unspecified atom stereocenters. The van der Waals surface area contributed by atoms with Gasteiger partial charge in [-0.2, -0.15) is 0 Å². The Hall–Kier alpha value is -1.85. The molecule has 21 heavy (non-hydrogen) atoms. The fourth-order valence-electron chi connectivity index (χ4n) is 2.80. The van der Waals surface area contributed by atoms with E-state index in [0.29, 0.717) is 24.3 Å². The SMILES string of the molecule is CCOC1CC(NCc2c(C(=O)O)oc3ccccc23)C1. The summed E-state index contributed by atoms with van der Waals surface area (Å²) >= 11 is 0. The van der Waals surface area contributed by atoms with Crippen LogP contribution in [0.4, 0.5) is 0 Å². The van der Waals surface area contributed by atoms with Crippen LogP contribution in [0.15, 0.2) is 28.7 Å². The third kappa shape index (κ3) is 2.80. The Morgan fingerprint density at radius 1 is 1.43 bits per heavy atom. The van der Waals surface area contributed by atoms with E-state index in [0.717, 1.165) is 30.4 Å². The molecule has 0 atom stereocenters. The van der Waals surface area contributed by atoms with Crippen molar-refractivity contribution < 1.29 is 19.1 Å². The summed E-state index contributed by atoms with van der Waals surface area (Å²) in [5, 5.41) is 13.5. The lowest BCUT2D eigenvalue weighted by Crippen LogP contribution is -2.45. The first kappa shape index (κ1) is 14.1. The first-order valence-corrected chi connectivity index (χ1v) is 7.27. The van der Waals surface area contributed by atoms with Gasteiger partial charge in [-0.05, 0) is 25.8 Å².